The number of likely N-dealkylation sites (N-methyl/N-ethyl adjacent to an activating group) is 1. The molecule has 2 aromatic heterocycles. The van der Waals surface area contributed by atoms with E-state index in [1.807, 2.05) is 6.92 Å². The monoisotopic (exact) mass is 444 g/mol. The predicted octanol–water partition coefficient (Wildman–Crippen LogP) is 3.41. The molecular weight excluding hydrogens is 421 g/mol. The van der Waals surface area contributed by atoms with Gasteiger partial charge in [-0.1, -0.05) is 19.1 Å². The molecule has 168 valence electrons. The molecule has 0 atom stereocenters. The normalized spacial score (nSPS) is 15.1. The van der Waals surface area contributed by atoms with Crippen LogP contribution in [-0.2, 0) is 12.6 Å². The standard InChI is InChI=1S/C21H23F3N8/c1-3-17-27-19(30-20(28-17)32-11-9-31(2)10-12-32)29-18-25-8-7-16(26-18)14-5-4-6-15(13-14)21(22,23)24/h4-8,13H,3,9-12H2,1-2H3,(H,25,26,27,28,29,30). The molecule has 0 amide bonds. The van der Waals surface area contributed by atoms with Gasteiger partial charge >= 0.3 is 6.18 Å². The Bertz CT molecular complexity index is 1080. The van der Waals surface area contributed by atoms with Crippen LogP contribution in [-0.4, -0.2) is 63.0 Å². The van der Waals surface area contributed by atoms with Gasteiger partial charge in [-0.3, -0.25) is 5.32 Å². The Labute approximate surface area is 183 Å². The summed E-state index contributed by atoms with van der Waals surface area (Å²) in [5, 5.41) is 2.98. The van der Waals surface area contributed by atoms with Crippen LogP contribution in [0.25, 0.3) is 11.3 Å². The lowest BCUT2D eigenvalue weighted by Gasteiger charge is -2.32. The minimum absolute atomic E-state index is 0.192. The van der Waals surface area contributed by atoms with Crippen molar-refractivity contribution in [3.63, 3.8) is 0 Å². The molecule has 8 nitrogen and oxygen atoms in total. The molecular formula is C21H23F3N8. The van der Waals surface area contributed by atoms with Crippen LogP contribution >= 0.6 is 0 Å². The van der Waals surface area contributed by atoms with Crippen LogP contribution in [0.3, 0.4) is 0 Å². The number of halogens is 3. The number of nitrogens with zero attached hydrogens (tertiary/aromatic N) is 7. The molecule has 1 fully saturated rings. The number of piperazine rings is 1. The van der Waals surface area contributed by atoms with Gasteiger partial charge in [-0.05, 0) is 25.2 Å². The fourth-order valence-corrected chi connectivity index (χ4v) is 3.30. The Hall–Kier alpha value is -3.34. The van der Waals surface area contributed by atoms with E-state index in [2.05, 4.69) is 47.1 Å². The van der Waals surface area contributed by atoms with E-state index in [-0.39, 0.29) is 5.95 Å². The van der Waals surface area contributed by atoms with Gasteiger partial charge in [0, 0.05) is 44.4 Å². The number of anilines is 3. The molecule has 11 heteroatoms. The smallest absolute Gasteiger partial charge is 0.338 e. The van der Waals surface area contributed by atoms with Crippen LogP contribution in [0.4, 0.5) is 31.0 Å². The number of hydrogen-bond donors (Lipinski definition) is 1. The lowest BCUT2D eigenvalue weighted by atomic mass is 10.1. The molecule has 0 spiro atoms. The van der Waals surface area contributed by atoms with Gasteiger partial charge in [0.2, 0.25) is 17.8 Å². The zero-order valence-corrected chi connectivity index (χ0v) is 17.8. The third-order valence-corrected chi connectivity index (χ3v) is 5.14. The number of nitrogens with one attached hydrogen (secondary N) is 1. The van der Waals surface area contributed by atoms with Crippen LogP contribution in [0.15, 0.2) is 36.5 Å². The molecule has 0 aliphatic carbocycles. The average Bonchev–Trinajstić information content (AvgIpc) is 2.79. The first kappa shape index (κ1) is 21.9. The quantitative estimate of drug-likeness (QED) is 0.641. The molecule has 32 heavy (non-hydrogen) atoms. The maximum absolute atomic E-state index is 13.1. The number of aromatic nitrogens is 5. The van der Waals surface area contributed by atoms with Crippen LogP contribution in [0.2, 0.25) is 0 Å². The van der Waals surface area contributed by atoms with Crippen molar-refractivity contribution in [1.29, 1.82) is 0 Å². The molecule has 1 aliphatic heterocycles. The molecule has 0 bridgehead atoms. The van der Waals surface area contributed by atoms with Gasteiger partial charge in [0.25, 0.3) is 0 Å². The van der Waals surface area contributed by atoms with E-state index in [0.717, 1.165) is 38.3 Å². The third kappa shape index (κ3) is 5.10. The van der Waals surface area contributed by atoms with Crippen molar-refractivity contribution in [3.8, 4) is 11.3 Å². The first-order chi connectivity index (χ1) is 15.3. The zero-order chi connectivity index (χ0) is 22.7. The van der Waals surface area contributed by atoms with Crippen molar-refractivity contribution in [1.82, 2.24) is 29.8 Å². The minimum Gasteiger partial charge on any atom is -0.338 e. The lowest BCUT2D eigenvalue weighted by Crippen LogP contribution is -2.45. The van der Waals surface area contributed by atoms with Crippen molar-refractivity contribution in [2.45, 2.75) is 19.5 Å². The summed E-state index contributed by atoms with van der Waals surface area (Å²) in [5.74, 6) is 1.71. The van der Waals surface area contributed by atoms with E-state index in [1.165, 1.54) is 12.3 Å². The molecule has 1 saturated heterocycles. The van der Waals surface area contributed by atoms with Gasteiger partial charge < -0.3 is 9.80 Å². The Morgan fingerprint density at radius 1 is 0.969 bits per heavy atom. The second-order valence-corrected chi connectivity index (χ2v) is 7.49. The van der Waals surface area contributed by atoms with Gasteiger partial charge in [0.05, 0.1) is 11.3 Å². The highest BCUT2D eigenvalue weighted by molar-refractivity contribution is 5.62. The van der Waals surface area contributed by atoms with E-state index in [0.29, 0.717) is 35.4 Å². The van der Waals surface area contributed by atoms with E-state index in [1.54, 1.807) is 12.1 Å². The van der Waals surface area contributed by atoms with Crippen LogP contribution in [0.1, 0.15) is 18.3 Å². The summed E-state index contributed by atoms with van der Waals surface area (Å²) in [4.78, 5) is 26.3. The number of hydrogen-bond acceptors (Lipinski definition) is 8. The van der Waals surface area contributed by atoms with Gasteiger partial charge in [-0.25, -0.2) is 9.97 Å². The summed E-state index contributed by atoms with van der Waals surface area (Å²) in [6.07, 6.45) is -2.32. The Morgan fingerprint density at radius 3 is 2.47 bits per heavy atom. The molecule has 0 saturated carbocycles. The third-order valence-electron chi connectivity index (χ3n) is 5.14. The SMILES string of the molecule is CCc1nc(Nc2nccc(-c3cccc(C(F)(F)F)c3)n2)nc(N2CCN(C)CC2)n1. The number of rotatable bonds is 5. The van der Waals surface area contributed by atoms with Gasteiger partial charge in [-0.15, -0.1) is 0 Å². The molecule has 4 rings (SSSR count). The zero-order valence-electron chi connectivity index (χ0n) is 17.8. The fraction of sp³-hybridized carbons (Fsp3) is 0.381. The Morgan fingerprint density at radius 2 is 1.75 bits per heavy atom. The lowest BCUT2D eigenvalue weighted by molar-refractivity contribution is -0.137. The maximum atomic E-state index is 13.1. The summed E-state index contributed by atoms with van der Waals surface area (Å²) in [6, 6.07) is 6.58. The van der Waals surface area contributed by atoms with E-state index >= 15 is 0 Å². The van der Waals surface area contributed by atoms with E-state index in [4.69, 9.17) is 0 Å². The van der Waals surface area contributed by atoms with Gasteiger partial charge in [0.1, 0.15) is 5.82 Å². The van der Waals surface area contributed by atoms with Crippen molar-refractivity contribution >= 4 is 17.8 Å². The van der Waals surface area contributed by atoms with E-state index < -0.39 is 11.7 Å². The largest absolute Gasteiger partial charge is 0.416 e. The Balaban J connectivity index is 1.59. The Kier molecular flexibility index (Phi) is 6.17. The molecule has 0 radical (unpaired) electrons. The summed E-state index contributed by atoms with van der Waals surface area (Å²) in [6.45, 7) is 5.41. The summed E-state index contributed by atoms with van der Waals surface area (Å²) in [7, 11) is 2.07. The maximum Gasteiger partial charge on any atom is 0.416 e. The molecule has 3 aromatic rings. The van der Waals surface area contributed by atoms with Crippen molar-refractivity contribution < 1.29 is 13.2 Å². The van der Waals surface area contributed by atoms with Crippen molar-refractivity contribution in [2.75, 3.05) is 43.4 Å². The van der Waals surface area contributed by atoms with Crippen molar-refractivity contribution in [2.24, 2.45) is 0 Å². The fourth-order valence-electron chi connectivity index (χ4n) is 3.30. The molecule has 1 N–H and O–H groups in total. The molecule has 1 aliphatic rings. The summed E-state index contributed by atoms with van der Waals surface area (Å²) in [5.41, 5.74) is -0.0315. The second-order valence-electron chi connectivity index (χ2n) is 7.49. The molecule has 1 aromatic carbocycles. The van der Waals surface area contributed by atoms with Crippen LogP contribution in [0, 0.1) is 0 Å². The van der Waals surface area contributed by atoms with E-state index in [9.17, 15) is 13.2 Å². The number of benzene rings is 1. The first-order valence-electron chi connectivity index (χ1n) is 10.3. The topological polar surface area (TPSA) is 83.0 Å². The van der Waals surface area contributed by atoms with Crippen LogP contribution < -0.4 is 10.2 Å². The van der Waals surface area contributed by atoms with Crippen LogP contribution in [0.5, 0.6) is 0 Å². The highest BCUT2D eigenvalue weighted by Gasteiger charge is 2.30. The molecule has 0 unspecified atom stereocenters. The number of alkyl halides is 3. The summed E-state index contributed by atoms with van der Waals surface area (Å²) >= 11 is 0. The van der Waals surface area contributed by atoms with Gasteiger partial charge in [0.15, 0.2) is 0 Å². The highest BCUT2D eigenvalue weighted by Crippen LogP contribution is 2.31. The first-order valence-corrected chi connectivity index (χ1v) is 10.3. The minimum atomic E-state index is -4.43. The molecule has 3 heterocycles. The van der Waals surface area contributed by atoms with Crippen molar-refractivity contribution in [3.05, 3.63) is 47.9 Å². The predicted molar refractivity (Wildman–Crippen MR) is 115 cm³/mol. The average molecular weight is 444 g/mol. The summed E-state index contributed by atoms with van der Waals surface area (Å²) < 4.78 is 39.2. The highest BCUT2D eigenvalue weighted by atomic mass is 19.4. The van der Waals surface area contributed by atoms with Gasteiger partial charge in [-0.2, -0.15) is 28.1 Å². The number of aryl methyl sites for hydroxylation is 1. The second kappa shape index (κ2) is 9.03.